The smallest absolute Gasteiger partial charge is 0.192 e. The van der Waals surface area contributed by atoms with E-state index >= 15 is 0 Å². The number of imidazole rings is 1. The van der Waals surface area contributed by atoms with Crippen LogP contribution in [0.4, 0.5) is 11.5 Å². The van der Waals surface area contributed by atoms with E-state index in [4.69, 9.17) is 18.3 Å². The molecule has 1 aliphatic rings. The van der Waals surface area contributed by atoms with E-state index in [1.54, 1.807) is 19.8 Å². The molecule has 9 nitrogen and oxygen atoms in total. The minimum absolute atomic E-state index is 0.0770. The van der Waals surface area contributed by atoms with Crippen molar-refractivity contribution in [1.29, 1.82) is 0 Å². The summed E-state index contributed by atoms with van der Waals surface area (Å²) in [6.07, 6.45) is 3.54. The van der Waals surface area contributed by atoms with Crippen LogP contribution in [0.2, 0.25) is 36.3 Å². The molecule has 3 aromatic rings. The topological polar surface area (TPSA) is 92.6 Å². The minimum Gasteiger partial charge on any atom is -0.497 e. The predicted molar refractivity (Wildman–Crippen MR) is 165 cm³/mol. The number of methoxy groups -OCH3 is 1. The van der Waals surface area contributed by atoms with Gasteiger partial charge < -0.3 is 23.6 Å². The normalized spacial score (nSPS) is 20.7. The van der Waals surface area contributed by atoms with Crippen LogP contribution >= 0.6 is 0 Å². The number of rotatable bonds is 9. The van der Waals surface area contributed by atoms with Crippen molar-refractivity contribution in [3.05, 3.63) is 36.9 Å². The first-order chi connectivity index (χ1) is 18.5. The van der Waals surface area contributed by atoms with Gasteiger partial charge in [-0.05, 0) is 60.5 Å². The van der Waals surface area contributed by atoms with E-state index in [1.165, 1.54) is 0 Å². The van der Waals surface area contributed by atoms with Crippen molar-refractivity contribution in [2.45, 2.75) is 103 Å². The molecule has 0 bridgehead atoms. The molecule has 3 unspecified atom stereocenters. The summed E-state index contributed by atoms with van der Waals surface area (Å²) < 4.78 is 27.6. The first-order valence-corrected chi connectivity index (χ1v) is 19.9. The summed E-state index contributed by atoms with van der Waals surface area (Å²) >= 11 is 0. The van der Waals surface area contributed by atoms with Gasteiger partial charge in [0.2, 0.25) is 0 Å². The van der Waals surface area contributed by atoms with Gasteiger partial charge in [0.25, 0.3) is 0 Å². The fourth-order valence-corrected chi connectivity index (χ4v) is 6.54. The number of hydrogen-bond acceptors (Lipinski definition) is 8. The summed E-state index contributed by atoms with van der Waals surface area (Å²) in [5, 5.41) is 3.57. The van der Waals surface area contributed by atoms with Gasteiger partial charge in [-0.15, -0.1) is 0 Å². The molecule has 1 aliphatic heterocycles. The Balaban J connectivity index is 1.60. The largest absolute Gasteiger partial charge is 0.497 e. The second-order valence-electron chi connectivity index (χ2n) is 13.8. The van der Waals surface area contributed by atoms with Gasteiger partial charge in [-0.1, -0.05) is 41.5 Å². The van der Waals surface area contributed by atoms with Crippen LogP contribution < -0.4 is 10.1 Å². The molecule has 2 aromatic heterocycles. The summed E-state index contributed by atoms with van der Waals surface area (Å²) in [6.45, 7) is 23.2. The molecule has 0 spiro atoms. The Kier molecular flexibility index (Phi) is 8.55. The third kappa shape index (κ3) is 6.43. The van der Waals surface area contributed by atoms with Crippen LogP contribution in [0.15, 0.2) is 36.9 Å². The molecule has 0 aliphatic carbocycles. The summed E-state index contributed by atoms with van der Waals surface area (Å²) in [6, 6.07) is 7.69. The maximum absolute atomic E-state index is 6.95. The summed E-state index contributed by atoms with van der Waals surface area (Å²) in [5.41, 5.74) is 2.29. The van der Waals surface area contributed by atoms with Crippen molar-refractivity contribution in [3.63, 3.8) is 0 Å². The van der Waals surface area contributed by atoms with Gasteiger partial charge in [-0.2, -0.15) is 0 Å². The van der Waals surface area contributed by atoms with Crippen molar-refractivity contribution in [2.75, 3.05) is 19.0 Å². The molecular formula is C29H47N5O4Si2. The lowest BCUT2D eigenvalue weighted by Gasteiger charge is -2.40. The van der Waals surface area contributed by atoms with E-state index in [0.29, 0.717) is 30.0 Å². The van der Waals surface area contributed by atoms with Crippen molar-refractivity contribution in [3.8, 4) is 5.75 Å². The molecule has 3 heterocycles. The third-order valence-corrected chi connectivity index (χ3v) is 17.9. The lowest BCUT2D eigenvalue weighted by atomic mass is 10.2. The minimum atomic E-state index is -2.04. The predicted octanol–water partition coefficient (Wildman–Crippen LogP) is 7.28. The molecule has 1 aromatic carbocycles. The van der Waals surface area contributed by atoms with Crippen LogP contribution in [-0.4, -0.2) is 62.1 Å². The highest BCUT2D eigenvalue weighted by atomic mass is 28.4. The third-order valence-electron chi connectivity index (χ3n) is 8.87. The van der Waals surface area contributed by atoms with Crippen molar-refractivity contribution in [1.82, 2.24) is 19.5 Å². The highest BCUT2D eigenvalue weighted by Crippen LogP contribution is 2.43. The molecule has 4 rings (SSSR count). The number of benzene rings is 1. The second kappa shape index (κ2) is 11.2. The van der Waals surface area contributed by atoms with Crippen LogP contribution in [0.5, 0.6) is 5.75 Å². The molecule has 3 atom stereocenters. The Labute approximate surface area is 241 Å². The lowest BCUT2D eigenvalue weighted by molar-refractivity contribution is -0.0383. The Morgan fingerprint density at radius 3 is 2.20 bits per heavy atom. The maximum Gasteiger partial charge on any atom is 0.192 e. The van der Waals surface area contributed by atoms with Crippen LogP contribution in [0, 0.1) is 0 Å². The SMILES string of the molecule is COc1ccc(Nc2ncnc3c2ncn3C2CC(O[Si](C)(C)C(C)(C)C)C(CO[Si](C)(C)C(C)(C)C)O2)cc1. The lowest BCUT2D eigenvalue weighted by Crippen LogP contribution is -2.48. The zero-order valence-corrected chi connectivity index (χ0v) is 28.0. The number of nitrogens with zero attached hydrogens (tertiary/aromatic N) is 4. The molecule has 0 saturated carbocycles. The van der Waals surface area contributed by atoms with Crippen LogP contribution in [0.1, 0.15) is 54.2 Å². The second-order valence-corrected chi connectivity index (χ2v) is 23.3. The van der Waals surface area contributed by atoms with Gasteiger partial charge >= 0.3 is 0 Å². The first kappa shape index (κ1) is 30.6. The number of ether oxygens (including phenoxy) is 2. The van der Waals surface area contributed by atoms with Crippen LogP contribution in [0.25, 0.3) is 11.2 Å². The van der Waals surface area contributed by atoms with Crippen LogP contribution in [-0.2, 0) is 13.6 Å². The zero-order valence-electron chi connectivity index (χ0n) is 26.0. The number of hydrogen-bond donors (Lipinski definition) is 1. The Morgan fingerprint density at radius 1 is 0.950 bits per heavy atom. The first-order valence-electron chi connectivity index (χ1n) is 14.1. The molecular weight excluding hydrogens is 539 g/mol. The number of fused-ring (bicyclic) bond motifs is 1. The van der Waals surface area contributed by atoms with E-state index in [9.17, 15) is 0 Å². The van der Waals surface area contributed by atoms with Gasteiger partial charge in [0.15, 0.2) is 33.6 Å². The van der Waals surface area contributed by atoms with E-state index in [1.807, 2.05) is 28.8 Å². The highest BCUT2D eigenvalue weighted by molar-refractivity contribution is 6.74. The van der Waals surface area contributed by atoms with E-state index < -0.39 is 16.6 Å². The quantitative estimate of drug-likeness (QED) is 0.262. The monoisotopic (exact) mass is 585 g/mol. The number of anilines is 2. The zero-order chi connectivity index (χ0) is 29.5. The van der Waals surface area contributed by atoms with Gasteiger partial charge in [-0.25, -0.2) is 15.0 Å². The maximum atomic E-state index is 6.95. The van der Waals surface area contributed by atoms with Crippen molar-refractivity contribution >= 4 is 39.3 Å². The molecule has 0 amide bonds. The van der Waals surface area contributed by atoms with Crippen molar-refractivity contribution in [2.24, 2.45) is 0 Å². The molecule has 1 N–H and O–H groups in total. The van der Waals surface area contributed by atoms with Gasteiger partial charge in [0, 0.05) is 12.1 Å². The standard InChI is InChI=1S/C29H47N5O4Si2/c1-28(2,3)39(8,9)36-17-23-22(38-40(10,11)29(4,5)6)16-24(37-23)34-19-32-25-26(30-18-31-27(25)34)33-20-12-14-21(35-7)15-13-20/h12-15,18-19,22-24H,16-17H2,1-11H3,(H,30,31,33). The van der Waals surface area contributed by atoms with Crippen molar-refractivity contribution < 1.29 is 18.3 Å². The average molecular weight is 586 g/mol. The van der Waals surface area contributed by atoms with Gasteiger partial charge in [0.1, 0.15) is 24.4 Å². The number of aromatic nitrogens is 4. The van der Waals surface area contributed by atoms with Gasteiger partial charge in [-0.3, -0.25) is 4.57 Å². The molecule has 11 heteroatoms. The fraction of sp³-hybridized carbons (Fsp3) is 0.621. The molecule has 0 radical (unpaired) electrons. The highest BCUT2D eigenvalue weighted by Gasteiger charge is 2.46. The average Bonchev–Trinajstić information content (AvgIpc) is 3.46. The number of nitrogens with one attached hydrogen (secondary N) is 1. The Bertz CT molecular complexity index is 1300. The summed E-state index contributed by atoms with van der Waals surface area (Å²) in [4.78, 5) is 13.7. The molecule has 220 valence electrons. The fourth-order valence-electron chi connectivity index (χ4n) is 4.17. The molecule has 40 heavy (non-hydrogen) atoms. The summed E-state index contributed by atoms with van der Waals surface area (Å²) in [5.74, 6) is 1.43. The Hall–Kier alpha value is -2.32. The van der Waals surface area contributed by atoms with E-state index in [-0.39, 0.29) is 28.5 Å². The summed E-state index contributed by atoms with van der Waals surface area (Å²) in [7, 11) is -2.35. The van der Waals surface area contributed by atoms with E-state index in [0.717, 1.165) is 11.4 Å². The van der Waals surface area contributed by atoms with Gasteiger partial charge in [0.05, 0.1) is 26.1 Å². The Morgan fingerprint density at radius 2 is 1.60 bits per heavy atom. The van der Waals surface area contributed by atoms with E-state index in [2.05, 4.69) is 88.0 Å². The molecule has 1 saturated heterocycles. The van der Waals surface area contributed by atoms with Crippen LogP contribution in [0.3, 0.4) is 0 Å². The molecule has 1 fully saturated rings.